The first-order valence-electron chi connectivity index (χ1n) is 6.88. The first-order valence-corrected chi connectivity index (χ1v) is 7.29. The van der Waals surface area contributed by atoms with Crippen LogP contribution in [0, 0.1) is 0 Å². The number of para-hydroxylation sites is 1. The highest BCUT2D eigenvalue weighted by atomic mass is 32.1. The van der Waals surface area contributed by atoms with Gasteiger partial charge in [-0.3, -0.25) is 0 Å². The molecule has 0 atom stereocenters. The molecule has 0 unspecified atom stereocenters. The molecule has 0 saturated carbocycles. The minimum Gasteiger partial charge on any atom is -0.490 e. The summed E-state index contributed by atoms with van der Waals surface area (Å²) in [4.78, 5) is 12.4. The van der Waals surface area contributed by atoms with Crippen molar-refractivity contribution < 1.29 is 14.3 Å². The van der Waals surface area contributed by atoms with Gasteiger partial charge in [-0.15, -0.1) is 0 Å². The SMILES string of the molecule is NC(=S)Cc1ccccc1C(=O)OCCOc1ccccc1. The third-order valence-electron chi connectivity index (χ3n) is 2.93. The monoisotopic (exact) mass is 315 g/mol. The lowest BCUT2D eigenvalue weighted by Gasteiger charge is -2.10. The van der Waals surface area contributed by atoms with Crippen molar-refractivity contribution in [2.24, 2.45) is 5.73 Å². The van der Waals surface area contributed by atoms with Gasteiger partial charge in [0.25, 0.3) is 0 Å². The molecule has 2 aromatic carbocycles. The largest absolute Gasteiger partial charge is 0.490 e. The number of ether oxygens (including phenoxy) is 2. The van der Waals surface area contributed by atoms with Crippen LogP contribution in [0.2, 0.25) is 0 Å². The first kappa shape index (κ1) is 16.0. The molecule has 0 fully saturated rings. The topological polar surface area (TPSA) is 61.6 Å². The summed E-state index contributed by atoms with van der Waals surface area (Å²) in [6, 6.07) is 16.5. The van der Waals surface area contributed by atoms with Gasteiger partial charge in [-0.2, -0.15) is 0 Å². The number of esters is 1. The van der Waals surface area contributed by atoms with E-state index in [2.05, 4.69) is 0 Å². The van der Waals surface area contributed by atoms with E-state index in [0.29, 0.717) is 23.6 Å². The minimum atomic E-state index is -0.400. The standard InChI is InChI=1S/C17H17NO3S/c18-16(22)12-13-6-4-5-9-15(13)17(19)21-11-10-20-14-7-2-1-3-8-14/h1-9H,10-12H2,(H2,18,22). The summed E-state index contributed by atoms with van der Waals surface area (Å²) in [5.74, 6) is 0.343. The maximum Gasteiger partial charge on any atom is 0.338 e. The van der Waals surface area contributed by atoms with Gasteiger partial charge in [0.1, 0.15) is 19.0 Å². The molecule has 2 rings (SSSR count). The molecule has 0 radical (unpaired) electrons. The van der Waals surface area contributed by atoms with Crippen molar-refractivity contribution in [3.63, 3.8) is 0 Å². The van der Waals surface area contributed by atoms with Crippen LogP contribution >= 0.6 is 12.2 Å². The van der Waals surface area contributed by atoms with Crippen LogP contribution in [0.5, 0.6) is 5.75 Å². The van der Waals surface area contributed by atoms with Gasteiger partial charge in [-0.1, -0.05) is 48.6 Å². The molecular formula is C17H17NO3S. The molecule has 0 aliphatic rings. The van der Waals surface area contributed by atoms with Crippen molar-refractivity contribution in [2.75, 3.05) is 13.2 Å². The average molecular weight is 315 g/mol. The number of carbonyl (C=O) groups is 1. The smallest absolute Gasteiger partial charge is 0.338 e. The van der Waals surface area contributed by atoms with Gasteiger partial charge in [0.15, 0.2) is 0 Å². The molecule has 0 bridgehead atoms. The zero-order chi connectivity index (χ0) is 15.8. The average Bonchev–Trinajstić information content (AvgIpc) is 2.52. The fraction of sp³-hybridized carbons (Fsp3) is 0.176. The van der Waals surface area contributed by atoms with Crippen LogP contribution in [-0.4, -0.2) is 24.2 Å². The first-order chi connectivity index (χ1) is 10.7. The minimum absolute atomic E-state index is 0.176. The Bertz CT molecular complexity index is 643. The van der Waals surface area contributed by atoms with Gasteiger partial charge in [-0.05, 0) is 23.8 Å². The van der Waals surface area contributed by atoms with Crippen LogP contribution < -0.4 is 10.5 Å². The predicted octanol–water partition coefficient (Wildman–Crippen LogP) is 2.75. The predicted molar refractivity (Wildman–Crippen MR) is 89.2 cm³/mol. The second-order valence-electron chi connectivity index (χ2n) is 4.60. The fourth-order valence-corrected chi connectivity index (χ4v) is 2.11. The van der Waals surface area contributed by atoms with Crippen LogP contribution in [-0.2, 0) is 11.2 Å². The van der Waals surface area contributed by atoms with E-state index in [1.54, 1.807) is 12.1 Å². The normalized spacial score (nSPS) is 10.0. The summed E-state index contributed by atoms with van der Waals surface area (Å²) < 4.78 is 10.7. The van der Waals surface area contributed by atoms with Crippen LogP contribution in [0.4, 0.5) is 0 Å². The molecule has 2 aromatic rings. The third kappa shape index (κ3) is 4.86. The van der Waals surface area contributed by atoms with Gasteiger partial charge in [0, 0.05) is 6.42 Å². The van der Waals surface area contributed by atoms with Crippen molar-refractivity contribution in [1.29, 1.82) is 0 Å². The van der Waals surface area contributed by atoms with E-state index in [0.717, 1.165) is 11.3 Å². The van der Waals surface area contributed by atoms with Crippen LogP contribution in [0.25, 0.3) is 0 Å². The Balaban J connectivity index is 1.86. The Morgan fingerprint density at radius 3 is 2.41 bits per heavy atom. The lowest BCUT2D eigenvalue weighted by molar-refractivity contribution is 0.0449. The number of carbonyl (C=O) groups excluding carboxylic acids is 1. The second-order valence-corrected chi connectivity index (χ2v) is 5.12. The van der Waals surface area contributed by atoms with Gasteiger partial charge >= 0.3 is 5.97 Å². The zero-order valence-corrected chi connectivity index (χ0v) is 12.8. The van der Waals surface area contributed by atoms with Crippen molar-refractivity contribution in [3.05, 3.63) is 65.7 Å². The van der Waals surface area contributed by atoms with Crippen LogP contribution in [0.3, 0.4) is 0 Å². The Morgan fingerprint density at radius 2 is 1.68 bits per heavy atom. The highest BCUT2D eigenvalue weighted by molar-refractivity contribution is 7.80. The second kappa shape index (κ2) is 8.14. The van der Waals surface area contributed by atoms with Crippen LogP contribution in [0.1, 0.15) is 15.9 Å². The molecule has 2 N–H and O–H groups in total. The molecule has 0 aromatic heterocycles. The lowest BCUT2D eigenvalue weighted by Crippen LogP contribution is -2.17. The lowest BCUT2D eigenvalue weighted by atomic mass is 10.0. The summed E-state index contributed by atoms with van der Waals surface area (Å²) >= 11 is 4.89. The number of benzene rings is 2. The number of hydrogen-bond acceptors (Lipinski definition) is 4. The van der Waals surface area contributed by atoms with Crippen molar-refractivity contribution in [2.45, 2.75) is 6.42 Å². The molecule has 0 heterocycles. The molecule has 0 aliphatic carbocycles. The fourth-order valence-electron chi connectivity index (χ4n) is 1.95. The van der Waals surface area contributed by atoms with Crippen LogP contribution in [0.15, 0.2) is 54.6 Å². The summed E-state index contributed by atoms with van der Waals surface area (Å²) in [6.45, 7) is 0.475. The molecule has 114 valence electrons. The Morgan fingerprint density at radius 1 is 1.00 bits per heavy atom. The Labute approximate surface area is 134 Å². The number of rotatable bonds is 7. The van der Waals surface area contributed by atoms with E-state index < -0.39 is 5.97 Å². The third-order valence-corrected chi connectivity index (χ3v) is 3.07. The highest BCUT2D eigenvalue weighted by Gasteiger charge is 2.12. The van der Waals surface area contributed by atoms with Gasteiger partial charge in [0.05, 0.1) is 10.6 Å². The van der Waals surface area contributed by atoms with Gasteiger partial charge in [-0.25, -0.2) is 4.79 Å². The maximum atomic E-state index is 12.1. The summed E-state index contributed by atoms with van der Waals surface area (Å²) in [7, 11) is 0. The molecule has 0 saturated heterocycles. The summed E-state index contributed by atoms with van der Waals surface area (Å²) in [5, 5.41) is 0. The molecular weight excluding hydrogens is 298 g/mol. The van der Waals surface area contributed by atoms with Crippen molar-refractivity contribution in [3.8, 4) is 5.75 Å². The number of thiocarbonyl (C=S) groups is 1. The van der Waals surface area contributed by atoms with E-state index in [-0.39, 0.29) is 6.61 Å². The van der Waals surface area contributed by atoms with Crippen molar-refractivity contribution >= 4 is 23.2 Å². The van der Waals surface area contributed by atoms with E-state index in [1.165, 1.54) is 0 Å². The van der Waals surface area contributed by atoms with E-state index in [9.17, 15) is 4.79 Å². The van der Waals surface area contributed by atoms with E-state index in [4.69, 9.17) is 27.4 Å². The molecule has 5 heteroatoms. The highest BCUT2D eigenvalue weighted by Crippen LogP contribution is 2.12. The molecule has 0 spiro atoms. The maximum absolute atomic E-state index is 12.1. The Kier molecular flexibility index (Phi) is 5.91. The molecule has 4 nitrogen and oxygen atoms in total. The van der Waals surface area contributed by atoms with E-state index in [1.807, 2.05) is 42.5 Å². The van der Waals surface area contributed by atoms with E-state index >= 15 is 0 Å². The number of hydrogen-bond donors (Lipinski definition) is 1. The molecule has 0 amide bonds. The van der Waals surface area contributed by atoms with Crippen molar-refractivity contribution in [1.82, 2.24) is 0 Å². The number of nitrogens with two attached hydrogens (primary N) is 1. The summed E-state index contributed by atoms with van der Waals surface area (Å²) in [6.07, 6.45) is 0.376. The molecule has 0 aliphatic heterocycles. The van der Waals surface area contributed by atoms with Gasteiger partial charge < -0.3 is 15.2 Å². The molecule has 22 heavy (non-hydrogen) atoms. The van der Waals surface area contributed by atoms with Gasteiger partial charge in [0.2, 0.25) is 0 Å². The zero-order valence-electron chi connectivity index (χ0n) is 12.0. The Hall–Kier alpha value is -2.40. The summed E-state index contributed by atoms with van der Waals surface area (Å²) in [5.41, 5.74) is 6.79. The quantitative estimate of drug-likeness (QED) is 0.483.